The maximum absolute atomic E-state index is 9.86. The SMILES string of the molecule is N#Cc1c(-c2ccccn2)n(C2CCC2)c2cc(C3CC3)ccc12. The van der Waals surface area contributed by atoms with Crippen LogP contribution in [0.1, 0.15) is 55.2 Å². The van der Waals surface area contributed by atoms with Gasteiger partial charge >= 0.3 is 0 Å². The lowest BCUT2D eigenvalue weighted by Gasteiger charge is -2.30. The van der Waals surface area contributed by atoms with E-state index in [1.54, 1.807) is 0 Å². The lowest BCUT2D eigenvalue weighted by Crippen LogP contribution is -2.18. The Balaban J connectivity index is 1.83. The monoisotopic (exact) mass is 313 g/mol. The molecule has 2 fully saturated rings. The van der Waals surface area contributed by atoms with E-state index in [1.165, 1.54) is 43.2 Å². The molecule has 0 bridgehead atoms. The summed E-state index contributed by atoms with van der Waals surface area (Å²) in [4.78, 5) is 4.55. The van der Waals surface area contributed by atoms with Crippen molar-refractivity contribution in [1.29, 1.82) is 5.26 Å². The van der Waals surface area contributed by atoms with Gasteiger partial charge in [0.05, 0.1) is 22.5 Å². The topological polar surface area (TPSA) is 41.6 Å². The Morgan fingerprint density at radius 3 is 2.58 bits per heavy atom. The Bertz CT molecular complexity index is 954. The highest BCUT2D eigenvalue weighted by Crippen LogP contribution is 2.45. The summed E-state index contributed by atoms with van der Waals surface area (Å²) in [5.41, 5.74) is 5.34. The van der Waals surface area contributed by atoms with Crippen LogP contribution in [0, 0.1) is 11.3 Å². The summed E-state index contributed by atoms with van der Waals surface area (Å²) in [7, 11) is 0. The minimum absolute atomic E-state index is 0.501. The zero-order chi connectivity index (χ0) is 16.1. The van der Waals surface area contributed by atoms with Crippen LogP contribution in [0.5, 0.6) is 0 Å². The average molecular weight is 313 g/mol. The molecule has 2 aliphatic carbocycles. The van der Waals surface area contributed by atoms with Gasteiger partial charge in [0.25, 0.3) is 0 Å². The van der Waals surface area contributed by atoms with Crippen molar-refractivity contribution < 1.29 is 0 Å². The van der Waals surface area contributed by atoms with E-state index in [-0.39, 0.29) is 0 Å². The highest BCUT2D eigenvalue weighted by atomic mass is 15.1. The number of hydrogen-bond acceptors (Lipinski definition) is 2. The van der Waals surface area contributed by atoms with Crippen LogP contribution in [-0.2, 0) is 0 Å². The van der Waals surface area contributed by atoms with E-state index in [0.717, 1.165) is 28.3 Å². The second kappa shape index (κ2) is 5.21. The molecule has 2 aliphatic rings. The van der Waals surface area contributed by atoms with Crippen LogP contribution in [0.25, 0.3) is 22.3 Å². The summed E-state index contributed by atoms with van der Waals surface area (Å²) in [5.74, 6) is 0.725. The first-order valence-electron chi connectivity index (χ1n) is 8.86. The molecule has 5 rings (SSSR count). The first-order valence-corrected chi connectivity index (χ1v) is 8.86. The summed E-state index contributed by atoms with van der Waals surface area (Å²) in [5, 5.41) is 10.9. The fraction of sp³-hybridized carbons (Fsp3) is 0.333. The van der Waals surface area contributed by atoms with Crippen LogP contribution in [-0.4, -0.2) is 9.55 Å². The molecule has 0 aliphatic heterocycles. The zero-order valence-corrected chi connectivity index (χ0v) is 13.6. The van der Waals surface area contributed by atoms with Crippen LogP contribution >= 0.6 is 0 Å². The standard InChI is InChI=1S/C21H19N3/c22-13-18-17-10-9-15(14-7-8-14)12-20(17)24(16-4-3-5-16)21(18)19-6-1-2-11-23-19/h1-2,6,9-12,14,16H,3-5,7-8H2. The number of nitriles is 1. The first kappa shape index (κ1) is 13.8. The number of benzene rings is 1. The van der Waals surface area contributed by atoms with Crippen LogP contribution < -0.4 is 0 Å². The van der Waals surface area contributed by atoms with Crippen molar-refractivity contribution in [2.75, 3.05) is 0 Å². The molecular weight excluding hydrogens is 294 g/mol. The molecule has 24 heavy (non-hydrogen) atoms. The van der Waals surface area contributed by atoms with Crippen LogP contribution in [0.15, 0.2) is 42.6 Å². The second-order valence-electron chi connectivity index (χ2n) is 7.06. The minimum atomic E-state index is 0.501. The maximum Gasteiger partial charge on any atom is 0.102 e. The Morgan fingerprint density at radius 2 is 1.96 bits per heavy atom. The van der Waals surface area contributed by atoms with Gasteiger partial charge in [-0.2, -0.15) is 5.26 Å². The summed E-state index contributed by atoms with van der Waals surface area (Å²) in [6, 6.07) is 15.6. The van der Waals surface area contributed by atoms with Crippen LogP contribution in [0.4, 0.5) is 0 Å². The van der Waals surface area contributed by atoms with Gasteiger partial charge in [0.15, 0.2) is 0 Å². The fourth-order valence-corrected chi connectivity index (χ4v) is 3.89. The predicted octanol–water partition coefficient (Wildman–Crippen LogP) is 5.18. The molecule has 2 heterocycles. The third kappa shape index (κ3) is 1.99. The molecule has 118 valence electrons. The van der Waals surface area contributed by atoms with Gasteiger partial charge < -0.3 is 4.57 Å². The molecule has 0 N–H and O–H groups in total. The Hall–Kier alpha value is -2.60. The van der Waals surface area contributed by atoms with Crippen molar-refractivity contribution >= 4 is 10.9 Å². The summed E-state index contributed by atoms with van der Waals surface area (Å²) < 4.78 is 2.41. The molecule has 0 spiro atoms. The Kier molecular flexibility index (Phi) is 2.99. The molecule has 2 saturated carbocycles. The van der Waals surface area contributed by atoms with Crippen molar-refractivity contribution in [3.05, 3.63) is 53.7 Å². The largest absolute Gasteiger partial charge is 0.335 e. The highest BCUT2D eigenvalue weighted by molar-refractivity contribution is 5.94. The maximum atomic E-state index is 9.86. The molecule has 3 aromatic rings. The average Bonchev–Trinajstić information content (AvgIpc) is 3.38. The number of aromatic nitrogens is 2. The van der Waals surface area contributed by atoms with Crippen molar-refractivity contribution in [2.24, 2.45) is 0 Å². The molecular formula is C21H19N3. The highest BCUT2D eigenvalue weighted by Gasteiger charge is 2.30. The minimum Gasteiger partial charge on any atom is -0.335 e. The van der Waals surface area contributed by atoms with Crippen molar-refractivity contribution in [3.63, 3.8) is 0 Å². The van der Waals surface area contributed by atoms with Gasteiger partial charge in [-0.3, -0.25) is 4.98 Å². The third-order valence-corrected chi connectivity index (χ3v) is 5.54. The van der Waals surface area contributed by atoms with Gasteiger partial charge in [0.1, 0.15) is 6.07 Å². The lowest BCUT2D eigenvalue weighted by molar-refractivity contribution is 0.324. The van der Waals surface area contributed by atoms with E-state index < -0.39 is 0 Å². The predicted molar refractivity (Wildman–Crippen MR) is 94.7 cm³/mol. The van der Waals surface area contributed by atoms with Crippen LogP contribution in [0.2, 0.25) is 0 Å². The van der Waals surface area contributed by atoms with Gasteiger partial charge in [-0.05, 0) is 61.8 Å². The molecule has 0 atom stereocenters. The van der Waals surface area contributed by atoms with E-state index in [0.29, 0.717) is 6.04 Å². The zero-order valence-electron chi connectivity index (χ0n) is 13.6. The number of nitrogens with zero attached hydrogens (tertiary/aromatic N) is 3. The Morgan fingerprint density at radius 1 is 1.08 bits per heavy atom. The van der Waals surface area contributed by atoms with E-state index in [4.69, 9.17) is 0 Å². The Labute approximate surface area is 141 Å². The molecule has 1 aromatic carbocycles. The molecule has 0 unspecified atom stereocenters. The van der Waals surface area contributed by atoms with Gasteiger partial charge in [0, 0.05) is 17.6 Å². The van der Waals surface area contributed by atoms with E-state index in [9.17, 15) is 5.26 Å². The van der Waals surface area contributed by atoms with Crippen molar-refractivity contribution in [2.45, 2.75) is 44.1 Å². The molecule has 0 saturated heterocycles. The molecule has 3 nitrogen and oxygen atoms in total. The lowest BCUT2D eigenvalue weighted by atomic mass is 9.92. The fourth-order valence-electron chi connectivity index (χ4n) is 3.89. The first-order chi connectivity index (χ1) is 11.9. The summed E-state index contributed by atoms with van der Waals surface area (Å²) in [6.07, 6.45) is 8.08. The number of rotatable bonds is 3. The summed E-state index contributed by atoms with van der Waals surface area (Å²) >= 11 is 0. The van der Waals surface area contributed by atoms with Gasteiger partial charge in [-0.15, -0.1) is 0 Å². The molecule has 2 aromatic heterocycles. The van der Waals surface area contributed by atoms with Gasteiger partial charge in [-0.25, -0.2) is 0 Å². The van der Waals surface area contributed by atoms with Gasteiger partial charge in [0.2, 0.25) is 0 Å². The molecule has 0 radical (unpaired) electrons. The number of fused-ring (bicyclic) bond motifs is 1. The van der Waals surface area contributed by atoms with E-state index in [1.807, 2.05) is 24.4 Å². The second-order valence-corrected chi connectivity index (χ2v) is 7.06. The number of hydrogen-bond donors (Lipinski definition) is 0. The van der Waals surface area contributed by atoms with E-state index >= 15 is 0 Å². The molecule has 0 amide bonds. The molecule has 3 heteroatoms. The van der Waals surface area contributed by atoms with Gasteiger partial charge in [-0.1, -0.05) is 18.2 Å². The van der Waals surface area contributed by atoms with Crippen LogP contribution in [0.3, 0.4) is 0 Å². The third-order valence-electron chi connectivity index (χ3n) is 5.54. The summed E-state index contributed by atoms with van der Waals surface area (Å²) in [6.45, 7) is 0. The smallest absolute Gasteiger partial charge is 0.102 e. The van der Waals surface area contributed by atoms with Crippen molar-refractivity contribution in [1.82, 2.24) is 9.55 Å². The van der Waals surface area contributed by atoms with Crippen molar-refractivity contribution in [3.8, 4) is 17.5 Å². The van der Waals surface area contributed by atoms with E-state index in [2.05, 4.69) is 33.8 Å². The number of pyridine rings is 1. The normalized spacial score (nSPS) is 17.6. The quantitative estimate of drug-likeness (QED) is 0.668.